The summed E-state index contributed by atoms with van der Waals surface area (Å²) in [7, 11) is 4.11. The summed E-state index contributed by atoms with van der Waals surface area (Å²) in [4.78, 5) is 19.1. The van der Waals surface area contributed by atoms with Gasteiger partial charge in [0.1, 0.15) is 17.7 Å². The Bertz CT molecular complexity index is 1040. The van der Waals surface area contributed by atoms with E-state index < -0.39 is 6.10 Å². The van der Waals surface area contributed by atoms with Crippen molar-refractivity contribution in [2.45, 2.75) is 50.4 Å². The van der Waals surface area contributed by atoms with Gasteiger partial charge >= 0.3 is 0 Å². The summed E-state index contributed by atoms with van der Waals surface area (Å²) < 4.78 is 21.0. The van der Waals surface area contributed by atoms with Gasteiger partial charge in [-0.2, -0.15) is 0 Å². The number of hydrogen-bond donors (Lipinski definition) is 1. The minimum Gasteiger partial charge on any atom is -0.488 e. The van der Waals surface area contributed by atoms with E-state index in [0.717, 1.165) is 44.3 Å². The van der Waals surface area contributed by atoms with Crippen molar-refractivity contribution >= 4 is 17.3 Å². The van der Waals surface area contributed by atoms with Crippen LogP contribution < -0.4 is 14.5 Å². The van der Waals surface area contributed by atoms with Crippen LogP contribution in [0.5, 0.6) is 5.75 Å². The van der Waals surface area contributed by atoms with Crippen molar-refractivity contribution in [3.05, 3.63) is 53.3 Å². The Labute approximate surface area is 194 Å². The highest BCUT2D eigenvalue weighted by molar-refractivity contribution is 6.08. The summed E-state index contributed by atoms with van der Waals surface area (Å²) in [5.41, 5.74) is 2.75. The highest BCUT2D eigenvalue weighted by Gasteiger charge is 2.30. The maximum Gasteiger partial charge on any atom is 0.258 e. The Morgan fingerprint density at radius 1 is 1.09 bits per heavy atom. The summed E-state index contributed by atoms with van der Waals surface area (Å²) >= 11 is 0. The first kappa shape index (κ1) is 22.2. The lowest BCUT2D eigenvalue weighted by atomic mass is 9.98. The predicted octanol–water partition coefficient (Wildman–Crippen LogP) is 3.46. The van der Waals surface area contributed by atoms with Crippen LogP contribution in [0.2, 0.25) is 0 Å². The molecule has 2 fully saturated rings. The van der Waals surface area contributed by atoms with E-state index in [9.17, 15) is 9.90 Å². The van der Waals surface area contributed by atoms with E-state index in [1.54, 1.807) is 23.1 Å². The molecule has 0 spiro atoms. The molecule has 1 saturated heterocycles. The van der Waals surface area contributed by atoms with Crippen molar-refractivity contribution in [3.63, 3.8) is 0 Å². The number of hydrogen-bond acceptors (Lipinski definition) is 5. The number of amides is 1. The van der Waals surface area contributed by atoms with Crippen LogP contribution in [-0.2, 0) is 6.42 Å². The Hall–Kier alpha value is -2.64. The topological polar surface area (TPSA) is 56.3 Å². The van der Waals surface area contributed by atoms with Gasteiger partial charge in [0.25, 0.3) is 5.91 Å². The molecule has 1 N–H and O–H groups in total. The Morgan fingerprint density at radius 2 is 1.94 bits per heavy atom. The highest BCUT2D eigenvalue weighted by atomic mass is 19.1. The molecule has 3 atom stereocenters. The Kier molecular flexibility index (Phi) is 6.01. The summed E-state index contributed by atoms with van der Waals surface area (Å²) in [6.07, 6.45) is 3.67. The molecular formula is C26H32FN3O3. The number of anilines is 2. The zero-order valence-corrected chi connectivity index (χ0v) is 19.3. The number of nitrogens with zero attached hydrogens (tertiary/aromatic N) is 3. The van der Waals surface area contributed by atoms with Gasteiger partial charge in [-0.15, -0.1) is 0 Å². The van der Waals surface area contributed by atoms with Gasteiger partial charge in [-0.3, -0.25) is 4.79 Å². The molecule has 33 heavy (non-hydrogen) atoms. The van der Waals surface area contributed by atoms with Crippen LogP contribution in [0.3, 0.4) is 0 Å². The zero-order valence-electron chi connectivity index (χ0n) is 19.3. The molecule has 0 radical (unpaired) electrons. The van der Waals surface area contributed by atoms with Gasteiger partial charge in [0.2, 0.25) is 0 Å². The molecule has 5 rings (SSSR count). The molecule has 1 aliphatic carbocycles. The Balaban J connectivity index is 1.31. The van der Waals surface area contributed by atoms with Gasteiger partial charge in [-0.1, -0.05) is 0 Å². The number of carbonyl (C=O) groups excluding carboxylic acids is 1. The standard InChI is InChI=1S/C26H32FN3O3/c1-28(2)19-11-12-29(16-19)23-9-6-18(15-22(23)27)30-13-10-17-14-20(7-8-21(17)26(30)32)33-25-5-3-4-24(25)31/h6-9,14-15,19,24-25,31H,3-5,10-13,16H2,1-2H3/t19-,24?,25?/m1/s1. The molecular weight excluding hydrogens is 421 g/mol. The molecule has 6 nitrogen and oxygen atoms in total. The number of aliphatic hydroxyl groups is 1. The number of benzene rings is 2. The fourth-order valence-corrected chi connectivity index (χ4v) is 5.31. The van der Waals surface area contributed by atoms with Crippen molar-refractivity contribution in [2.75, 3.05) is 43.5 Å². The molecule has 1 saturated carbocycles. The van der Waals surface area contributed by atoms with Crippen LogP contribution in [-0.4, -0.2) is 67.9 Å². The fourth-order valence-electron chi connectivity index (χ4n) is 5.31. The van der Waals surface area contributed by atoms with Crippen LogP contribution in [0.4, 0.5) is 15.8 Å². The van der Waals surface area contributed by atoms with Crippen molar-refractivity contribution in [2.24, 2.45) is 0 Å². The second kappa shape index (κ2) is 8.95. The van der Waals surface area contributed by atoms with Crippen molar-refractivity contribution in [3.8, 4) is 5.75 Å². The van der Waals surface area contributed by atoms with E-state index in [-0.39, 0.29) is 17.8 Å². The zero-order chi connectivity index (χ0) is 23.1. The molecule has 2 aliphatic heterocycles. The van der Waals surface area contributed by atoms with Gasteiger partial charge in [-0.25, -0.2) is 4.39 Å². The Morgan fingerprint density at radius 3 is 2.64 bits per heavy atom. The number of carbonyl (C=O) groups is 1. The van der Waals surface area contributed by atoms with E-state index in [1.807, 2.05) is 12.1 Å². The average Bonchev–Trinajstić information content (AvgIpc) is 3.44. The third kappa shape index (κ3) is 4.32. The van der Waals surface area contributed by atoms with E-state index in [4.69, 9.17) is 4.74 Å². The first-order chi connectivity index (χ1) is 15.9. The minimum absolute atomic E-state index is 0.121. The van der Waals surface area contributed by atoms with Crippen LogP contribution in [0.25, 0.3) is 0 Å². The number of rotatable bonds is 5. The number of halogens is 1. The number of ether oxygens (including phenoxy) is 1. The smallest absolute Gasteiger partial charge is 0.258 e. The lowest BCUT2D eigenvalue weighted by Crippen LogP contribution is -2.38. The lowest BCUT2D eigenvalue weighted by molar-refractivity contribution is 0.0603. The molecule has 1 amide bonds. The maximum atomic E-state index is 15.1. The summed E-state index contributed by atoms with van der Waals surface area (Å²) in [5, 5.41) is 10.0. The summed E-state index contributed by atoms with van der Waals surface area (Å²) in [6, 6.07) is 11.1. The van der Waals surface area contributed by atoms with Crippen molar-refractivity contribution in [1.29, 1.82) is 0 Å². The van der Waals surface area contributed by atoms with Crippen molar-refractivity contribution < 1.29 is 19.0 Å². The second-order valence-electron chi connectivity index (χ2n) is 9.67. The largest absolute Gasteiger partial charge is 0.488 e. The first-order valence-electron chi connectivity index (χ1n) is 11.9. The number of likely N-dealkylation sites (N-methyl/N-ethyl adjacent to an activating group) is 1. The third-order valence-electron chi connectivity index (χ3n) is 7.34. The predicted molar refractivity (Wildman–Crippen MR) is 127 cm³/mol. The first-order valence-corrected chi connectivity index (χ1v) is 11.9. The molecule has 2 heterocycles. The van der Waals surface area contributed by atoms with Gasteiger partial charge < -0.3 is 24.5 Å². The van der Waals surface area contributed by atoms with E-state index in [0.29, 0.717) is 41.7 Å². The van der Waals surface area contributed by atoms with Gasteiger partial charge in [0.05, 0.1) is 11.8 Å². The van der Waals surface area contributed by atoms with Crippen LogP contribution in [0, 0.1) is 5.82 Å². The SMILES string of the molecule is CN(C)[C@@H]1CCN(c2ccc(N3CCc4cc(OC5CCCC5O)ccc4C3=O)cc2F)C1. The molecule has 7 heteroatoms. The van der Waals surface area contributed by atoms with Gasteiger partial charge in [0, 0.05) is 36.9 Å². The normalized spacial score (nSPS) is 25.1. The molecule has 0 aromatic heterocycles. The minimum atomic E-state index is -0.426. The van der Waals surface area contributed by atoms with Gasteiger partial charge in [-0.05, 0) is 88.2 Å². The van der Waals surface area contributed by atoms with E-state index in [1.165, 1.54) is 6.07 Å². The van der Waals surface area contributed by atoms with Gasteiger partial charge in [0.15, 0.2) is 0 Å². The van der Waals surface area contributed by atoms with E-state index >= 15 is 4.39 Å². The summed E-state index contributed by atoms with van der Waals surface area (Å²) in [5.74, 6) is 0.284. The van der Waals surface area contributed by atoms with Crippen LogP contribution in [0.15, 0.2) is 36.4 Å². The monoisotopic (exact) mass is 453 g/mol. The summed E-state index contributed by atoms with van der Waals surface area (Å²) in [6.45, 7) is 2.13. The fraction of sp³-hybridized carbons (Fsp3) is 0.500. The molecule has 2 aromatic rings. The highest BCUT2D eigenvalue weighted by Crippen LogP contribution is 2.33. The molecule has 2 unspecified atom stereocenters. The molecule has 0 bridgehead atoms. The molecule has 176 valence electrons. The quantitative estimate of drug-likeness (QED) is 0.752. The van der Waals surface area contributed by atoms with E-state index in [2.05, 4.69) is 23.9 Å². The maximum absolute atomic E-state index is 15.1. The molecule has 3 aliphatic rings. The average molecular weight is 454 g/mol. The lowest BCUT2D eigenvalue weighted by Gasteiger charge is -2.30. The van der Waals surface area contributed by atoms with Crippen LogP contribution >= 0.6 is 0 Å². The molecule has 2 aromatic carbocycles. The number of fused-ring (bicyclic) bond motifs is 1. The second-order valence-corrected chi connectivity index (χ2v) is 9.67. The van der Waals surface area contributed by atoms with Crippen molar-refractivity contribution in [1.82, 2.24) is 4.90 Å². The number of aliphatic hydroxyl groups excluding tert-OH is 1. The third-order valence-corrected chi connectivity index (χ3v) is 7.34. The van der Waals surface area contributed by atoms with Crippen LogP contribution in [0.1, 0.15) is 41.6 Å².